The molecule has 0 saturated carbocycles. The summed E-state index contributed by atoms with van der Waals surface area (Å²) in [5.74, 6) is 2.03. The summed E-state index contributed by atoms with van der Waals surface area (Å²) in [6.45, 7) is 0.380. The number of carbonyl (C=O) groups is 1. The third-order valence-corrected chi connectivity index (χ3v) is 6.37. The van der Waals surface area contributed by atoms with Crippen LogP contribution in [0.4, 0.5) is 0 Å². The smallest absolute Gasteiger partial charge is 0.251 e. The number of methoxy groups -OCH3 is 1. The Kier molecular flexibility index (Phi) is 6.59. The van der Waals surface area contributed by atoms with Gasteiger partial charge in [0.05, 0.1) is 23.7 Å². The van der Waals surface area contributed by atoms with E-state index in [1.165, 1.54) is 0 Å². The average Bonchev–Trinajstić information content (AvgIpc) is 3.65. The van der Waals surface area contributed by atoms with Gasteiger partial charge in [0.2, 0.25) is 5.88 Å². The van der Waals surface area contributed by atoms with Crippen molar-refractivity contribution in [1.29, 1.82) is 0 Å². The number of benzene rings is 2. The second-order valence-electron chi connectivity index (χ2n) is 8.96. The van der Waals surface area contributed by atoms with Crippen molar-refractivity contribution in [2.45, 2.75) is 6.42 Å². The molecule has 0 bridgehead atoms. The number of phenols is 1. The number of aromatic hydroxyl groups is 1. The van der Waals surface area contributed by atoms with Gasteiger partial charge in [0.1, 0.15) is 17.4 Å². The van der Waals surface area contributed by atoms with Crippen molar-refractivity contribution in [3.8, 4) is 45.5 Å². The predicted molar refractivity (Wildman–Crippen MR) is 149 cm³/mol. The normalized spacial score (nSPS) is 11.0. The Morgan fingerprint density at radius 3 is 2.75 bits per heavy atom. The van der Waals surface area contributed by atoms with Crippen LogP contribution in [0.1, 0.15) is 16.2 Å². The molecule has 198 valence electrons. The zero-order valence-electron chi connectivity index (χ0n) is 21.4. The minimum Gasteiger partial charge on any atom is -0.507 e. The number of aromatic nitrogens is 7. The summed E-state index contributed by atoms with van der Waals surface area (Å²) in [6, 6.07) is 17.9. The van der Waals surface area contributed by atoms with E-state index in [1.54, 1.807) is 56.0 Å². The van der Waals surface area contributed by atoms with Crippen LogP contribution in [0.2, 0.25) is 0 Å². The lowest BCUT2D eigenvalue weighted by Crippen LogP contribution is -2.25. The summed E-state index contributed by atoms with van der Waals surface area (Å²) in [5, 5.41) is 20.6. The van der Waals surface area contributed by atoms with E-state index < -0.39 is 0 Å². The van der Waals surface area contributed by atoms with E-state index in [0.717, 1.165) is 16.7 Å². The first-order valence-electron chi connectivity index (χ1n) is 12.5. The van der Waals surface area contributed by atoms with E-state index in [1.807, 2.05) is 30.3 Å². The number of pyridine rings is 2. The van der Waals surface area contributed by atoms with Crippen molar-refractivity contribution in [2.24, 2.45) is 0 Å². The largest absolute Gasteiger partial charge is 0.507 e. The van der Waals surface area contributed by atoms with Crippen molar-refractivity contribution in [1.82, 2.24) is 40.4 Å². The van der Waals surface area contributed by atoms with Crippen molar-refractivity contribution in [3.05, 3.63) is 90.6 Å². The number of aromatic amines is 2. The van der Waals surface area contributed by atoms with E-state index in [-0.39, 0.29) is 11.7 Å². The van der Waals surface area contributed by atoms with Gasteiger partial charge in [0, 0.05) is 48.2 Å². The van der Waals surface area contributed by atoms with E-state index in [4.69, 9.17) is 4.74 Å². The molecule has 11 nitrogen and oxygen atoms in total. The lowest BCUT2D eigenvalue weighted by molar-refractivity contribution is 0.0954. The number of ether oxygens (including phenoxy) is 1. The van der Waals surface area contributed by atoms with E-state index >= 15 is 0 Å². The number of carbonyl (C=O) groups excluding carboxylic acids is 1. The van der Waals surface area contributed by atoms with Gasteiger partial charge in [-0.15, -0.1) is 0 Å². The molecule has 40 heavy (non-hydrogen) atoms. The summed E-state index contributed by atoms with van der Waals surface area (Å²) in [5.41, 5.74) is 4.76. The van der Waals surface area contributed by atoms with Gasteiger partial charge < -0.3 is 20.1 Å². The molecule has 0 atom stereocenters. The second-order valence-corrected chi connectivity index (χ2v) is 8.96. The standard InChI is InChI=1S/C29H24N8O3/c1-40-29-20(5-3-12-32-29)17-7-9-24(38)21(14-17)27-33-22-8-6-18(15-23(22)34-27)28(39)31-13-10-25-35-26(37-36-25)19-4-2-11-30-16-19/h2-9,11-12,14-16,38H,10,13H2,1H3,(H,31,39)(H,33,34)(H,35,36,37). The topological polar surface area (TPSA) is 155 Å². The van der Waals surface area contributed by atoms with Crippen molar-refractivity contribution >= 4 is 16.9 Å². The van der Waals surface area contributed by atoms with Crippen LogP contribution in [0.3, 0.4) is 0 Å². The molecule has 0 saturated heterocycles. The van der Waals surface area contributed by atoms with Gasteiger partial charge in [-0.25, -0.2) is 15.0 Å². The molecule has 0 aliphatic carbocycles. The third kappa shape index (κ3) is 4.95. The van der Waals surface area contributed by atoms with E-state index in [2.05, 4.69) is 40.4 Å². The number of imidazole rings is 1. The quantitative estimate of drug-likeness (QED) is 0.228. The molecule has 0 fully saturated rings. The zero-order chi connectivity index (χ0) is 27.5. The number of H-pyrrole nitrogens is 2. The van der Waals surface area contributed by atoms with Crippen LogP contribution in [-0.2, 0) is 6.42 Å². The number of hydrogen-bond donors (Lipinski definition) is 4. The fourth-order valence-electron chi connectivity index (χ4n) is 4.37. The lowest BCUT2D eigenvalue weighted by Gasteiger charge is -2.09. The third-order valence-electron chi connectivity index (χ3n) is 6.37. The maximum absolute atomic E-state index is 12.8. The van der Waals surface area contributed by atoms with Crippen LogP contribution in [-0.4, -0.2) is 59.8 Å². The molecular formula is C29H24N8O3. The predicted octanol–water partition coefficient (Wildman–Crippen LogP) is 4.16. The molecule has 0 unspecified atom stereocenters. The van der Waals surface area contributed by atoms with Gasteiger partial charge in [-0.05, 0) is 60.2 Å². The first kappa shape index (κ1) is 24.7. The summed E-state index contributed by atoms with van der Waals surface area (Å²) < 4.78 is 5.39. The zero-order valence-corrected chi connectivity index (χ0v) is 21.4. The van der Waals surface area contributed by atoms with E-state index in [9.17, 15) is 9.90 Å². The Labute approximate surface area is 228 Å². The van der Waals surface area contributed by atoms with Crippen molar-refractivity contribution < 1.29 is 14.6 Å². The first-order chi connectivity index (χ1) is 19.6. The number of hydrogen-bond acceptors (Lipinski definition) is 8. The van der Waals surface area contributed by atoms with E-state index in [0.29, 0.717) is 58.5 Å². The minimum absolute atomic E-state index is 0.0720. The monoisotopic (exact) mass is 532 g/mol. The van der Waals surface area contributed by atoms with Gasteiger partial charge in [0.25, 0.3) is 5.91 Å². The molecule has 6 aromatic rings. The Morgan fingerprint density at radius 2 is 1.90 bits per heavy atom. The highest BCUT2D eigenvalue weighted by molar-refractivity contribution is 5.97. The highest BCUT2D eigenvalue weighted by atomic mass is 16.5. The highest BCUT2D eigenvalue weighted by Gasteiger charge is 2.15. The molecule has 1 amide bonds. The van der Waals surface area contributed by atoms with Gasteiger partial charge in [0.15, 0.2) is 5.82 Å². The van der Waals surface area contributed by atoms with Crippen LogP contribution < -0.4 is 10.1 Å². The molecule has 6 rings (SSSR count). The molecule has 0 spiro atoms. The molecule has 0 radical (unpaired) electrons. The number of amides is 1. The maximum atomic E-state index is 12.8. The van der Waals surface area contributed by atoms with Crippen molar-refractivity contribution in [3.63, 3.8) is 0 Å². The highest BCUT2D eigenvalue weighted by Crippen LogP contribution is 2.35. The molecule has 4 N–H and O–H groups in total. The molecule has 11 heteroatoms. The summed E-state index contributed by atoms with van der Waals surface area (Å²) >= 11 is 0. The summed E-state index contributed by atoms with van der Waals surface area (Å²) in [7, 11) is 1.56. The average molecular weight is 533 g/mol. The maximum Gasteiger partial charge on any atom is 0.251 e. The van der Waals surface area contributed by atoms with Crippen LogP contribution >= 0.6 is 0 Å². The summed E-state index contributed by atoms with van der Waals surface area (Å²) in [4.78, 5) is 33.5. The first-order valence-corrected chi connectivity index (χ1v) is 12.5. The van der Waals surface area contributed by atoms with Crippen LogP contribution in [0.5, 0.6) is 11.6 Å². The lowest BCUT2D eigenvalue weighted by atomic mass is 10.0. The number of fused-ring (bicyclic) bond motifs is 1. The Balaban J connectivity index is 1.17. The van der Waals surface area contributed by atoms with Crippen molar-refractivity contribution in [2.75, 3.05) is 13.7 Å². The Hall–Kier alpha value is -5.58. The van der Waals surface area contributed by atoms with Gasteiger partial charge in [-0.3, -0.25) is 14.9 Å². The van der Waals surface area contributed by atoms with Gasteiger partial charge in [-0.1, -0.05) is 6.07 Å². The minimum atomic E-state index is -0.224. The number of nitrogens with zero attached hydrogens (tertiary/aromatic N) is 5. The molecule has 0 aliphatic heterocycles. The van der Waals surface area contributed by atoms with Gasteiger partial charge >= 0.3 is 0 Å². The number of nitrogens with one attached hydrogen (secondary N) is 3. The number of phenolic OH excluding ortho intramolecular Hbond substituents is 1. The molecule has 0 aliphatic rings. The fourth-order valence-corrected chi connectivity index (χ4v) is 4.37. The van der Waals surface area contributed by atoms with Crippen LogP contribution in [0.25, 0.3) is 44.9 Å². The molecule has 4 aromatic heterocycles. The van der Waals surface area contributed by atoms with Gasteiger partial charge in [-0.2, -0.15) is 5.10 Å². The fraction of sp³-hybridized carbons (Fsp3) is 0.103. The molecule has 4 heterocycles. The number of rotatable bonds is 8. The summed E-state index contributed by atoms with van der Waals surface area (Å²) in [6.07, 6.45) is 5.54. The molecule has 2 aromatic carbocycles. The Morgan fingerprint density at radius 1 is 1.00 bits per heavy atom. The Bertz CT molecular complexity index is 1810. The molecular weight excluding hydrogens is 508 g/mol. The van der Waals surface area contributed by atoms with Crippen LogP contribution in [0, 0.1) is 0 Å². The second kappa shape index (κ2) is 10.7. The SMILES string of the molecule is COc1ncccc1-c1ccc(O)c(-c2nc3ccc(C(=O)NCCc4nc(-c5cccnc5)n[nH]4)cc3[nH]2)c1. The van der Waals surface area contributed by atoms with Crippen LogP contribution in [0.15, 0.2) is 79.3 Å².